The molecule has 2 N–H and O–H groups in total. The third-order valence-corrected chi connectivity index (χ3v) is 5.49. The molecule has 0 saturated carbocycles. The number of fused-ring (bicyclic) bond motifs is 2. The quantitative estimate of drug-likeness (QED) is 0.467. The zero-order chi connectivity index (χ0) is 18.7. The van der Waals surface area contributed by atoms with E-state index in [2.05, 4.69) is 0 Å². The highest BCUT2D eigenvalue weighted by atomic mass is 32.2. The van der Waals surface area contributed by atoms with Crippen LogP contribution < -0.4 is 5.73 Å². The summed E-state index contributed by atoms with van der Waals surface area (Å²) < 4.78 is 67.7. The van der Waals surface area contributed by atoms with Gasteiger partial charge in [-0.1, -0.05) is 12.1 Å². The number of carbonyl (C=O) groups excluding carboxylic acids is 2. The molecule has 0 radical (unpaired) electrons. The Bertz CT molecular complexity index is 1180. The van der Waals surface area contributed by atoms with Gasteiger partial charge < -0.3 is 14.8 Å². The van der Waals surface area contributed by atoms with Gasteiger partial charge in [0.1, 0.15) is 20.2 Å². The van der Waals surface area contributed by atoms with Crippen molar-refractivity contribution in [3.05, 3.63) is 52.6 Å². The molecule has 0 saturated heterocycles. The van der Waals surface area contributed by atoms with Crippen LogP contribution in [0.2, 0.25) is 0 Å². The minimum atomic E-state index is -5.04. The summed E-state index contributed by atoms with van der Waals surface area (Å²) in [4.78, 5) is 23.5. The Kier molecular flexibility index (Phi) is 3.58. The minimum Gasteiger partial charge on any atom is -0.744 e. The second-order valence-electron chi connectivity index (χ2n) is 5.15. The molecule has 1 aliphatic rings. The molecule has 0 heterocycles. The van der Waals surface area contributed by atoms with Crippen molar-refractivity contribution in [2.45, 2.75) is 9.79 Å². The largest absolute Gasteiger partial charge is 0.744 e. The summed E-state index contributed by atoms with van der Waals surface area (Å²) in [7, 11) is -10.0. The second-order valence-corrected chi connectivity index (χ2v) is 7.84. The van der Waals surface area contributed by atoms with Crippen molar-refractivity contribution in [1.82, 2.24) is 0 Å². The molecule has 0 amide bonds. The number of benzene rings is 2. The molecule has 0 bridgehead atoms. The summed E-state index contributed by atoms with van der Waals surface area (Å²) in [6.45, 7) is 0. The fourth-order valence-corrected chi connectivity index (χ4v) is 3.99. The van der Waals surface area contributed by atoms with Gasteiger partial charge >= 0.3 is 0 Å². The van der Waals surface area contributed by atoms with Crippen LogP contribution in [0.15, 0.2) is 40.1 Å². The summed E-state index contributed by atoms with van der Waals surface area (Å²) in [6.07, 6.45) is 0. The average molecular weight is 381 g/mol. The Labute approximate surface area is 141 Å². The van der Waals surface area contributed by atoms with Crippen LogP contribution in [0, 0.1) is 0 Å². The Morgan fingerprint density at radius 1 is 0.720 bits per heavy atom. The number of ketones is 2. The summed E-state index contributed by atoms with van der Waals surface area (Å²) in [6, 6.07) is 4.71. The van der Waals surface area contributed by atoms with Crippen LogP contribution in [-0.2, 0) is 20.2 Å². The van der Waals surface area contributed by atoms with Crippen molar-refractivity contribution in [2.75, 3.05) is 5.73 Å². The average Bonchev–Trinajstić information content (AvgIpc) is 2.49. The van der Waals surface area contributed by atoms with Crippen LogP contribution in [0.3, 0.4) is 0 Å². The van der Waals surface area contributed by atoms with E-state index in [1.54, 1.807) is 0 Å². The molecule has 9 nitrogen and oxygen atoms in total. The Morgan fingerprint density at radius 2 is 1.24 bits per heavy atom. The minimum absolute atomic E-state index is 0.390. The molecule has 130 valence electrons. The van der Waals surface area contributed by atoms with Gasteiger partial charge in [-0.2, -0.15) is 0 Å². The molecule has 3 rings (SSSR count). The maximum absolute atomic E-state index is 12.6. The third kappa shape index (κ3) is 2.53. The highest BCUT2D eigenvalue weighted by molar-refractivity contribution is 7.86. The van der Waals surface area contributed by atoms with Crippen LogP contribution in [0.5, 0.6) is 0 Å². The Balaban J connectivity index is 2.41. The van der Waals surface area contributed by atoms with E-state index >= 15 is 0 Å². The van der Waals surface area contributed by atoms with E-state index < -0.39 is 69.5 Å². The van der Waals surface area contributed by atoms with Gasteiger partial charge in [0.15, 0.2) is 11.6 Å². The molecule has 0 unspecified atom stereocenters. The molecule has 2 aromatic rings. The van der Waals surface area contributed by atoms with Crippen molar-refractivity contribution < 1.29 is 35.5 Å². The molecule has 0 aliphatic heterocycles. The van der Waals surface area contributed by atoms with Crippen LogP contribution >= 0.6 is 0 Å². The van der Waals surface area contributed by atoms with Gasteiger partial charge in [0.05, 0.1) is 26.6 Å². The zero-order valence-electron chi connectivity index (χ0n) is 12.0. The maximum Gasteiger partial charge on any atom is 0.196 e. The first-order valence-corrected chi connectivity index (χ1v) is 9.33. The van der Waals surface area contributed by atoms with Gasteiger partial charge in [-0.05, 0) is 18.2 Å². The molecule has 11 heteroatoms. The number of nitrogen functional groups attached to an aromatic ring is 1. The maximum atomic E-state index is 12.6. The predicted octanol–water partition coefficient (Wildman–Crippen LogP) is -0.148. The number of hydrogen-bond donors (Lipinski definition) is 1. The Morgan fingerprint density at radius 3 is 1.80 bits per heavy atom. The first-order chi connectivity index (χ1) is 11.4. The van der Waals surface area contributed by atoms with Crippen molar-refractivity contribution in [2.24, 2.45) is 0 Å². The van der Waals surface area contributed by atoms with E-state index in [0.717, 1.165) is 30.3 Å². The summed E-state index contributed by atoms with van der Waals surface area (Å²) in [5, 5.41) is 0. The molecule has 0 spiro atoms. The fraction of sp³-hybridized carbons (Fsp3) is 0. The van der Waals surface area contributed by atoms with E-state index in [9.17, 15) is 35.5 Å². The molecule has 1 aliphatic carbocycles. The summed E-state index contributed by atoms with van der Waals surface area (Å²) >= 11 is 0. The SMILES string of the molecule is Nc1c(S(=O)(=O)[O-])ccc2c1C(=O)c1cccc(S(=O)(=O)[O-])c1C2=O. The van der Waals surface area contributed by atoms with Gasteiger partial charge in [0.25, 0.3) is 0 Å². The first kappa shape index (κ1) is 17.2. The van der Waals surface area contributed by atoms with Crippen molar-refractivity contribution >= 4 is 37.5 Å². The van der Waals surface area contributed by atoms with Crippen LogP contribution in [-0.4, -0.2) is 37.5 Å². The lowest BCUT2D eigenvalue weighted by Crippen LogP contribution is -2.25. The second kappa shape index (κ2) is 5.20. The number of nitrogens with two attached hydrogens (primary N) is 1. The van der Waals surface area contributed by atoms with E-state index in [-0.39, 0.29) is 0 Å². The molecule has 25 heavy (non-hydrogen) atoms. The van der Waals surface area contributed by atoms with E-state index in [1.807, 2.05) is 0 Å². The van der Waals surface area contributed by atoms with Gasteiger partial charge in [-0.15, -0.1) is 0 Å². The van der Waals surface area contributed by atoms with Crippen LogP contribution in [0.1, 0.15) is 31.8 Å². The number of rotatable bonds is 2. The topological polar surface area (TPSA) is 175 Å². The predicted molar refractivity (Wildman–Crippen MR) is 80.1 cm³/mol. The summed E-state index contributed by atoms with van der Waals surface area (Å²) in [5.74, 6) is -1.95. The Hall–Kier alpha value is -2.60. The van der Waals surface area contributed by atoms with E-state index in [4.69, 9.17) is 5.73 Å². The molecule has 0 aromatic heterocycles. The lowest BCUT2D eigenvalue weighted by atomic mass is 9.83. The smallest absolute Gasteiger partial charge is 0.196 e. The number of hydrogen-bond acceptors (Lipinski definition) is 9. The van der Waals surface area contributed by atoms with E-state index in [0.29, 0.717) is 0 Å². The molecular weight excluding hydrogens is 374 g/mol. The molecule has 2 aromatic carbocycles. The van der Waals surface area contributed by atoms with Crippen LogP contribution in [0.4, 0.5) is 5.69 Å². The van der Waals surface area contributed by atoms with Crippen molar-refractivity contribution in [3.63, 3.8) is 0 Å². The normalized spacial score (nSPS) is 14.2. The summed E-state index contributed by atoms with van der Waals surface area (Å²) in [5.41, 5.74) is 2.96. The lowest BCUT2D eigenvalue weighted by molar-refractivity contribution is 0.0977. The van der Waals surface area contributed by atoms with Crippen LogP contribution in [0.25, 0.3) is 0 Å². The highest BCUT2D eigenvalue weighted by Crippen LogP contribution is 2.36. The standard InChI is InChI=1S/C14H9NO8S2/c15-12-9(25(21,22)23)5-4-7-11(12)14(17)6-2-1-3-8(24(18,19)20)10(6)13(7)16/h1-5H,15H2,(H,18,19,20)(H,21,22,23)/p-2. The third-order valence-electron chi connectivity index (χ3n) is 3.71. The van der Waals surface area contributed by atoms with Crippen molar-refractivity contribution in [1.29, 1.82) is 0 Å². The van der Waals surface area contributed by atoms with Gasteiger partial charge in [0, 0.05) is 11.1 Å². The molecule has 0 fully saturated rings. The van der Waals surface area contributed by atoms with E-state index in [1.165, 1.54) is 0 Å². The number of carbonyl (C=O) groups is 2. The first-order valence-electron chi connectivity index (χ1n) is 6.51. The van der Waals surface area contributed by atoms with Gasteiger partial charge in [-0.3, -0.25) is 9.59 Å². The zero-order valence-corrected chi connectivity index (χ0v) is 13.7. The fourth-order valence-electron chi connectivity index (χ4n) is 2.68. The lowest BCUT2D eigenvalue weighted by Gasteiger charge is -2.23. The molecule has 0 atom stereocenters. The highest BCUT2D eigenvalue weighted by Gasteiger charge is 2.35. The molecular formula is C14H7NO8S2-2. The van der Waals surface area contributed by atoms with Crippen molar-refractivity contribution in [3.8, 4) is 0 Å². The van der Waals surface area contributed by atoms with Gasteiger partial charge in [0.2, 0.25) is 0 Å². The van der Waals surface area contributed by atoms with Gasteiger partial charge in [-0.25, -0.2) is 16.8 Å². The monoisotopic (exact) mass is 381 g/mol. The number of anilines is 1.